The zero-order valence-corrected chi connectivity index (χ0v) is 18.8. The fraction of sp³-hybridized carbons (Fsp3) is 0.407. The summed E-state index contributed by atoms with van der Waals surface area (Å²) in [7, 11) is 0. The highest BCUT2D eigenvalue weighted by molar-refractivity contribution is 5.83. The fourth-order valence-electron chi connectivity index (χ4n) is 5.50. The normalized spacial score (nSPS) is 20.8. The standard InChI is InChI=1S/C27H30FN3O2/c28-22-9-3-6-19(14-22)16-31-25-18-30(17-21(25)8-5-13-27(31)33)26(32)12-4-7-20-15-29-24-11-2-1-10-23(20)24/h1-3,6,9-11,14-15,21,25,29H,4-5,7-8,12-13,16-18H2/t21-,25+/m1/s1. The van der Waals surface area contributed by atoms with Crippen molar-refractivity contribution in [2.75, 3.05) is 13.1 Å². The number of amides is 2. The molecule has 2 atom stereocenters. The zero-order valence-electron chi connectivity index (χ0n) is 18.8. The molecule has 2 saturated heterocycles. The van der Waals surface area contributed by atoms with Gasteiger partial charge in [-0.3, -0.25) is 9.59 Å². The molecule has 2 aliphatic rings. The van der Waals surface area contributed by atoms with E-state index in [2.05, 4.69) is 17.1 Å². The van der Waals surface area contributed by atoms with Gasteiger partial charge in [-0.25, -0.2) is 4.39 Å². The van der Waals surface area contributed by atoms with Crippen LogP contribution >= 0.6 is 0 Å². The maximum absolute atomic E-state index is 13.7. The molecule has 5 rings (SSSR count). The number of aromatic nitrogens is 1. The molecule has 6 heteroatoms. The number of halogens is 1. The van der Waals surface area contributed by atoms with E-state index >= 15 is 0 Å². The lowest BCUT2D eigenvalue weighted by atomic mass is 9.98. The fourth-order valence-corrected chi connectivity index (χ4v) is 5.50. The highest BCUT2D eigenvalue weighted by Gasteiger charge is 2.41. The first-order valence-electron chi connectivity index (χ1n) is 11.9. The number of H-pyrrole nitrogens is 1. The smallest absolute Gasteiger partial charge is 0.223 e. The van der Waals surface area contributed by atoms with Crippen molar-refractivity contribution < 1.29 is 14.0 Å². The number of aryl methyl sites for hydroxylation is 1. The van der Waals surface area contributed by atoms with E-state index in [4.69, 9.17) is 0 Å². The van der Waals surface area contributed by atoms with E-state index in [9.17, 15) is 14.0 Å². The van der Waals surface area contributed by atoms with Gasteiger partial charge in [0.05, 0.1) is 6.04 Å². The van der Waals surface area contributed by atoms with Gasteiger partial charge in [-0.05, 0) is 60.9 Å². The first-order chi connectivity index (χ1) is 16.1. The first-order valence-corrected chi connectivity index (χ1v) is 11.9. The van der Waals surface area contributed by atoms with Gasteiger partial charge in [0.1, 0.15) is 5.82 Å². The van der Waals surface area contributed by atoms with E-state index in [1.165, 1.54) is 23.1 Å². The van der Waals surface area contributed by atoms with Crippen molar-refractivity contribution in [1.29, 1.82) is 0 Å². The number of benzene rings is 2. The van der Waals surface area contributed by atoms with Crippen LogP contribution in [-0.4, -0.2) is 45.7 Å². The zero-order chi connectivity index (χ0) is 22.8. The van der Waals surface area contributed by atoms with E-state index in [1.54, 1.807) is 6.07 Å². The number of carbonyl (C=O) groups excluding carboxylic acids is 2. The second-order valence-corrected chi connectivity index (χ2v) is 9.38. The largest absolute Gasteiger partial charge is 0.361 e. The van der Waals surface area contributed by atoms with Gasteiger partial charge in [-0.1, -0.05) is 30.3 Å². The molecule has 5 nitrogen and oxygen atoms in total. The molecule has 0 aliphatic carbocycles. The van der Waals surface area contributed by atoms with Crippen molar-refractivity contribution in [3.63, 3.8) is 0 Å². The van der Waals surface area contributed by atoms with Gasteiger partial charge in [0.25, 0.3) is 0 Å². The predicted octanol–water partition coefficient (Wildman–Crippen LogP) is 4.67. The Hall–Kier alpha value is -3.15. The lowest BCUT2D eigenvalue weighted by Gasteiger charge is -2.30. The van der Waals surface area contributed by atoms with Crippen molar-refractivity contribution >= 4 is 22.7 Å². The summed E-state index contributed by atoms with van der Waals surface area (Å²) in [6, 6.07) is 14.7. The second kappa shape index (κ2) is 9.38. The minimum Gasteiger partial charge on any atom is -0.361 e. The summed E-state index contributed by atoms with van der Waals surface area (Å²) in [6.07, 6.45) is 6.55. The second-order valence-electron chi connectivity index (χ2n) is 9.38. The van der Waals surface area contributed by atoms with E-state index in [-0.39, 0.29) is 23.7 Å². The third-order valence-corrected chi connectivity index (χ3v) is 7.20. The number of nitrogens with one attached hydrogen (secondary N) is 1. The van der Waals surface area contributed by atoms with Crippen molar-refractivity contribution in [2.45, 2.75) is 51.1 Å². The lowest BCUT2D eigenvalue weighted by molar-refractivity contribution is -0.135. The summed E-state index contributed by atoms with van der Waals surface area (Å²) in [4.78, 5) is 33.0. The number of rotatable bonds is 6. The van der Waals surface area contributed by atoms with Crippen LogP contribution in [0, 0.1) is 11.7 Å². The summed E-state index contributed by atoms with van der Waals surface area (Å²) >= 11 is 0. The van der Waals surface area contributed by atoms with Gasteiger partial charge in [0.15, 0.2) is 0 Å². The van der Waals surface area contributed by atoms with E-state index < -0.39 is 0 Å². The molecule has 3 aromatic rings. The molecule has 172 valence electrons. The number of hydrogen-bond donors (Lipinski definition) is 1. The maximum atomic E-state index is 13.7. The minimum absolute atomic E-state index is 0.0147. The van der Waals surface area contributed by atoms with Gasteiger partial charge in [-0.2, -0.15) is 0 Å². The quantitative estimate of drug-likeness (QED) is 0.597. The summed E-state index contributed by atoms with van der Waals surface area (Å²) in [5, 5.41) is 1.22. The molecule has 0 spiro atoms. The third kappa shape index (κ3) is 4.65. The van der Waals surface area contributed by atoms with Crippen LogP contribution in [0.15, 0.2) is 54.7 Å². The topological polar surface area (TPSA) is 56.4 Å². The first kappa shape index (κ1) is 21.7. The molecule has 0 bridgehead atoms. The number of hydrogen-bond acceptors (Lipinski definition) is 2. The van der Waals surface area contributed by atoms with E-state index in [0.29, 0.717) is 38.4 Å². The Morgan fingerprint density at radius 3 is 2.88 bits per heavy atom. The molecule has 33 heavy (non-hydrogen) atoms. The number of aromatic amines is 1. The molecule has 2 aliphatic heterocycles. The van der Waals surface area contributed by atoms with Crippen LogP contribution in [0.3, 0.4) is 0 Å². The van der Waals surface area contributed by atoms with Crippen LogP contribution in [-0.2, 0) is 22.6 Å². The van der Waals surface area contributed by atoms with Crippen LogP contribution in [0.1, 0.15) is 43.2 Å². The molecule has 2 amide bonds. The van der Waals surface area contributed by atoms with E-state index in [0.717, 1.165) is 36.8 Å². The maximum Gasteiger partial charge on any atom is 0.223 e. The Balaban J connectivity index is 1.21. The average molecular weight is 448 g/mol. The molecule has 1 N–H and O–H groups in total. The van der Waals surface area contributed by atoms with Crippen molar-refractivity contribution in [3.8, 4) is 0 Å². The van der Waals surface area contributed by atoms with Crippen molar-refractivity contribution in [3.05, 3.63) is 71.7 Å². The number of fused-ring (bicyclic) bond motifs is 2. The van der Waals surface area contributed by atoms with E-state index in [1.807, 2.05) is 34.2 Å². The third-order valence-electron chi connectivity index (χ3n) is 7.20. The highest BCUT2D eigenvalue weighted by Crippen LogP contribution is 2.32. The Morgan fingerprint density at radius 1 is 1.12 bits per heavy atom. The number of likely N-dealkylation sites (tertiary alicyclic amines) is 2. The van der Waals surface area contributed by atoms with Crippen LogP contribution in [0.5, 0.6) is 0 Å². The predicted molar refractivity (Wildman–Crippen MR) is 126 cm³/mol. The lowest BCUT2D eigenvalue weighted by Crippen LogP contribution is -2.43. The minimum atomic E-state index is -0.287. The molecular weight excluding hydrogens is 417 g/mol. The van der Waals surface area contributed by atoms with Crippen molar-refractivity contribution in [2.24, 2.45) is 5.92 Å². The Kier molecular flexibility index (Phi) is 6.16. The number of para-hydroxylation sites is 1. The highest BCUT2D eigenvalue weighted by atomic mass is 19.1. The number of carbonyl (C=O) groups is 2. The van der Waals surface area contributed by atoms with Gasteiger partial charge in [0, 0.05) is 49.6 Å². The Labute approximate surface area is 193 Å². The molecule has 0 radical (unpaired) electrons. The van der Waals surface area contributed by atoms with Crippen LogP contribution < -0.4 is 0 Å². The Bertz CT molecular complexity index is 1160. The molecule has 2 fully saturated rings. The van der Waals surface area contributed by atoms with Gasteiger partial charge < -0.3 is 14.8 Å². The Morgan fingerprint density at radius 2 is 2.00 bits per heavy atom. The molecule has 2 aromatic carbocycles. The average Bonchev–Trinajstić information content (AvgIpc) is 3.39. The van der Waals surface area contributed by atoms with Gasteiger partial charge >= 0.3 is 0 Å². The van der Waals surface area contributed by atoms with Crippen molar-refractivity contribution in [1.82, 2.24) is 14.8 Å². The molecular formula is C27H30FN3O2. The molecule has 1 aromatic heterocycles. The van der Waals surface area contributed by atoms with Gasteiger partial charge in [0.2, 0.25) is 11.8 Å². The molecule has 0 saturated carbocycles. The number of nitrogens with zero attached hydrogens (tertiary/aromatic N) is 2. The molecule has 0 unspecified atom stereocenters. The SMILES string of the molecule is O=C(CCCc1c[nH]c2ccccc12)N1C[C@H]2CCCC(=O)N(Cc3cccc(F)c3)[C@H]2C1. The van der Waals surface area contributed by atoms with Crippen LogP contribution in [0.2, 0.25) is 0 Å². The summed E-state index contributed by atoms with van der Waals surface area (Å²) in [5.41, 5.74) is 3.17. The van der Waals surface area contributed by atoms with Crippen LogP contribution in [0.25, 0.3) is 10.9 Å². The summed E-state index contributed by atoms with van der Waals surface area (Å²) in [5.74, 6) is 0.286. The van der Waals surface area contributed by atoms with Gasteiger partial charge in [-0.15, -0.1) is 0 Å². The summed E-state index contributed by atoms with van der Waals surface area (Å²) < 4.78 is 13.7. The van der Waals surface area contributed by atoms with Crippen LogP contribution in [0.4, 0.5) is 4.39 Å². The monoisotopic (exact) mass is 447 g/mol. The molecule has 3 heterocycles. The summed E-state index contributed by atoms with van der Waals surface area (Å²) in [6.45, 7) is 1.70.